The molecule has 6 heteroatoms. The van der Waals surface area contributed by atoms with Gasteiger partial charge in [-0.1, -0.05) is 50.6 Å². The first-order chi connectivity index (χ1) is 13.6. The van der Waals surface area contributed by atoms with Gasteiger partial charge in [-0.05, 0) is 48.1 Å². The predicted octanol–water partition coefficient (Wildman–Crippen LogP) is 3.90. The van der Waals surface area contributed by atoms with Gasteiger partial charge in [0, 0.05) is 24.5 Å². The zero-order valence-electron chi connectivity index (χ0n) is 17.6. The molecule has 2 aromatic rings. The zero-order valence-corrected chi connectivity index (χ0v) is 17.6. The maximum absolute atomic E-state index is 12.8. The van der Waals surface area contributed by atoms with Crippen LogP contribution in [0.2, 0.25) is 0 Å². The molecule has 3 amide bonds. The molecule has 154 valence electrons. The van der Waals surface area contributed by atoms with E-state index in [1.165, 1.54) is 0 Å². The van der Waals surface area contributed by atoms with E-state index >= 15 is 0 Å². The molecule has 0 bridgehead atoms. The Morgan fingerprint density at radius 3 is 2.41 bits per heavy atom. The van der Waals surface area contributed by atoms with Gasteiger partial charge in [-0.15, -0.1) is 0 Å². The summed E-state index contributed by atoms with van der Waals surface area (Å²) in [6.07, 6.45) is 0.679. The maximum Gasteiger partial charge on any atom is 0.323 e. The molecule has 1 atom stereocenters. The van der Waals surface area contributed by atoms with Gasteiger partial charge in [0.1, 0.15) is 0 Å². The summed E-state index contributed by atoms with van der Waals surface area (Å²) in [6, 6.07) is 12.6. The van der Waals surface area contributed by atoms with Gasteiger partial charge in [-0.2, -0.15) is 0 Å². The van der Waals surface area contributed by atoms with Crippen LogP contribution in [0.1, 0.15) is 37.5 Å². The van der Waals surface area contributed by atoms with Crippen LogP contribution in [-0.2, 0) is 17.8 Å². The average molecular weight is 395 g/mol. The summed E-state index contributed by atoms with van der Waals surface area (Å²) >= 11 is 0. The van der Waals surface area contributed by atoms with Gasteiger partial charge in [0.2, 0.25) is 5.91 Å². The van der Waals surface area contributed by atoms with Crippen LogP contribution in [0.4, 0.5) is 16.2 Å². The van der Waals surface area contributed by atoms with Crippen molar-refractivity contribution in [2.45, 2.75) is 46.7 Å². The molecule has 1 aliphatic heterocycles. The fraction of sp³-hybridized carbons (Fsp3) is 0.391. The molecule has 1 aliphatic rings. The number of hydrogen-bond donors (Lipinski definition) is 3. The fourth-order valence-electron chi connectivity index (χ4n) is 3.40. The van der Waals surface area contributed by atoms with Gasteiger partial charge < -0.3 is 21.3 Å². The van der Waals surface area contributed by atoms with Crippen molar-refractivity contribution < 1.29 is 9.59 Å². The van der Waals surface area contributed by atoms with Gasteiger partial charge >= 0.3 is 6.03 Å². The van der Waals surface area contributed by atoms with Crippen molar-refractivity contribution in [2.75, 3.05) is 17.2 Å². The van der Waals surface area contributed by atoms with Crippen molar-refractivity contribution in [3.8, 4) is 0 Å². The van der Waals surface area contributed by atoms with Crippen LogP contribution >= 0.6 is 0 Å². The number of nitrogens with one attached hydrogen (secondary N) is 2. The summed E-state index contributed by atoms with van der Waals surface area (Å²) in [4.78, 5) is 27.0. The Balaban J connectivity index is 1.69. The first kappa shape index (κ1) is 20.9. The van der Waals surface area contributed by atoms with E-state index in [1.54, 1.807) is 0 Å². The normalized spacial score (nSPS) is 14.7. The molecule has 29 heavy (non-hydrogen) atoms. The van der Waals surface area contributed by atoms with Gasteiger partial charge in [-0.3, -0.25) is 4.79 Å². The fourth-order valence-corrected chi connectivity index (χ4v) is 3.40. The summed E-state index contributed by atoms with van der Waals surface area (Å²) in [5.41, 5.74) is 10.7. The number of anilines is 2. The van der Waals surface area contributed by atoms with Crippen molar-refractivity contribution in [1.82, 2.24) is 4.90 Å². The number of urea groups is 1. The lowest BCUT2D eigenvalue weighted by atomic mass is 9.86. The minimum absolute atomic E-state index is 0.0290. The summed E-state index contributed by atoms with van der Waals surface area (Å²) < 4.78 is 0. The first-order valence-corrected chi connectivity index (χ1v) is 9.95. The van der Waals surface area contributed by atoms with Crippen LogP contribution in [0, 0.1) is 12.3 Å². The van der Waals surface area contributed by atoms with E-state index in [2.05, 4.69) is 10.6 Å². The van der Waals surface area contributed by atoms with Crippen LogP contribution in [-0.4, -0.2) is 29.4 Å². The number of nitrogens with zero attached hydrogens (tertiary/aromatic N) is 1. The Labute approximate surface area is 172 Å². The lowest BCUT2D eigenvalue weighted by Gasteiger charge is -2.35. The molecule has 1 heterocycles. The monoisotopic (exact) mass is 394 g/mol. The van der Waals surface area contributed by atoms with E-state index in [-0.39, 0.29) is 17.4 Å². The minimum atomic E-state index is -0.536. The SMILES string of the molecule is Cc1ccc(NC(=O)Nc2cccc3c2CCN(C(=O)[C@@H](N)C(C)(C)C)C3)cc1. The van der Waals surface area contributed by atoms with Gasteiger partial charge in [-0.25, -0.2) is 4.79 Å². The number of carbonyl (C=O) groups excluding carboxylic acids is 2. The molecule has 0 saturated heterocycles. The van der Waals surface area contributed by atoms with Crippen molar-refractivity contribution in [2.24, 2.45) is 11.1 Å². The predicted molar refractivity (Wildman–Crippen MR) is 117 cm³/mol. The number of fused-ring (bicyclic) bond motifs is 1. The molecule has 0 spiro atoms. The highest BCUT2D eigenvalue weighted by molar-refractivity contribution is 6.00. The smallest absolute Gasteiger partial charge is 0.323 e. The van der Waals surface area contributed by atoms with E-state index in [1.807, 2.05) is 75.1 Å². The average Bonchev–Trinajstić information content (AvgIpc) is 2.67. The van der Waals surface area contributed by atoms with Crippen molar-refractivity contribution in [3.63, 3.8) is 0 Å². The van der Waals surface area contributed by atoms with Crippen LogP contribution in [0.25, 0.3) is 0 Å². The second-order valence-electron chi connectivity index (χ2n) is 8.74. The summed E-state index contributed by atoms with van der Waals surface area (Å²) in [5.74, 6) is -0.0290. The minimum Gasteiger partial charge on any atom is -0.337 e. The third-order valence-electron chi connectivity index (χ3n) is 5.33. The van der Waals surface area contributed by atoms with E-state index in [0.717, 1.165) is 28.1 Å². The van der Waals surface area contributed by atoms with Crippen LogP contribution in [0.3, 0.4) is 0 Å². The summed E-state index contributed by atoms with van der Waals surface area (Å²) in [7, 11) is 0. The lowest BCUT2D eigenvalue weighted by Crippen LogP contribution is -2.51. The Morgan fingerprint density at radius 2 is 1.76 bits per heavy atom. The van der Waals surface area contributed by atoms with Crippen LogP contribution in [0.5, 0.6) is 0 Å². The number of nitrogens with two attached hydrogens (primary N) is 1. The maximum atomic E-state index is 12.8. The first-order valence-electron chi connectivity index (χ1n) is 9.95. The molecule has 0 fully saturated rings. The molecule has 0 aliphatic carbocycles. The molecule has 4 N–H and O–H groups in total. The summed E-state index contributed by atoms with van der Waals surface area (Å²) in [5, 5.41) is 5.80. The Morgan fingerprint density at radius 1 is 1.07 bits per heavy atom. The highest BCUT2D eigenvalue weighted by Gasteiger charge is 2.33. The number of rotatable bonds is 3. The largest absolute Gasteiger partial charge is 0.337 e. The Hall–Kier alpha value is -2.86. The van der Waals surface area contributed by atoms with Gasteiger partial charge in [0.25, 0.3) is 0 Å². The molecule has 2 aromatic carbocycles. The molecule has 0 saturated carbocycles. The van der Waals surface area contributed by atoms with Crippen LogP contribution < -0.4 is 16.4 Å². The quantitative estimate of drug-likeness (QED) is 0.738. The highest BCUT2D eigenvalue weighted by atomic mass is 16.2. The standard InChI is InChI=1S/C23H30N4O2/c1-15-8-10-17(11-9-15)25-22(29)26-19-7-5-6-16-14-27(13-12-18(16)19)21(28)20(24)23(2,3)4/h5-11,20H,12-14,24H2,1-4H3,(H2,25,26,29)/t20-/m1/s1. The molecular formula is C23H30N4O2. The van der Waals surface area contributed by atoms with Crippen molar-refractivity contribution >= 4 is 23.3 Å². The molecule has 3 rings (SSSR count). The highest BCUT2D eigenvalue weighted by Crippen LogP contribution is 2.28. The third-order valence-corrected chi connectivity index (χ3v) is 5.33. The van der Waals surface area contributed by atoms with Crippen molar-refractivity contribution in [1.29, 1.82) is 0 Å². The molecule has 6 nitrogen and oxygen atoms in total. The topological polar surface area (TPSA) is 87.5 Å². The van der Waals surface area contributed by atoms with E-state index in [4.69, 9.17) is 5.73 Å². The number of carbonyl (C=O) groups is 2. The molecule has 0 radical (unpaired) electrons. The molecule has 0 aromatic heterocycles. The Bertz CT molecular complexity index is 900. The van der Waals surface area contributed by atoms with Crippen LogP contribution in [0.15, 0.2) is 42.5 Å². The number of hydrogen-bond acceptors (Lipinski definition) is 3. The van der Waals surface area contributed by atoms with E-state index in [9.17, 15) is 9.59 Å². The number of aryl methyl sites for hydroxylation is 1. The number of benzene rings is 2. The van der Waals surface area contributed by atoms with E-state index in [0.29, 0.717) is 19.5 Å². The molecular weight excluding hydrogens is 364 g/mol. The number of amides is 3. The third kappa shape index (κ3) is 4.95. The van der Waals surface area contributed by atoms with Crippen molar-refractivity contribution in [3.05, 3.63) is 59.2 Å². The van der Waals surface area contributed by atoms with Gasteiger partial charge in [0.15, 0.2) is 0 Å². The lowest BCUT2D eigenvalue weighted by molar-refractivity contribution is -0.135. The second kappa shape index (κ2) is 8.25. The summed E-state index contributed by atoms with van der Waals surface area (Å²) in [6.45, 7) is 9.02. The molecule has 0 unspecified atom stereocenters. The Kier molecular flexibility index (Phi) is 5.94. The van der Waals surface area contributed by atoms with Gasteiger partial charge in [0.05, 0.1) is 6.04 Å². The zero-order chi connectivity index (χ0) is 21.2. The second-order valence-corrected chi connectivity index (χ2v) is 8.74. The van der Waals surface area contributed by atoms with E-state index < -0.39 is 6.04 Å².